The lowest BCUT2D eigenvalue weighted by Crippen LogP contribution is -2.51. The first-order chi connectivity index (χ1) is 20.4. The number of carbonyl (C=O) groups excluding carboxylic acids is 5. The lowest BCUT2D eigenvalue weighted by atomic mass is 9.91. The first kappa shape index (κ1) is 30.2. The summed E-state index contributed by atoms with van der Waals surface area (Å²) in [5.74, 6) is -1.63. The molecule has 1 saturated heterocycles. The van der Waals surface area contributed by atoms with E-state index in [2.05, 4.69) is 21.3 Å². The Bertz CT molecular complexity index is 1430. The van der Waals surface area contributed by atoms with E-state index >= 15 is 0 Å². The third-order valence-electron chi connectivity index (χ3n) is 7.29. The van der Waals surface area contributed by atoms with Gasteiger partial charge >= 0.3 is 0 Å². The number of rotatable bonds is 13. The predicted molar refractivity (Wildman–Crippen MR) is 160 cm³/mol. The summed E-state index contributed by atoms with van der Waals surface area (Å²) in [5.41, 5.74) is 1.71. The van der Waals surface area contributed by atoms with Crippen LogP contribution in [0.4, 0.5) is 0 Å². The topological polar surface area (TPSA) is 133 Å². The Hall–Kier alpha value is -4.79. The summed E-state index contributed by atoms with van der Waals surface area (Å²) in [4.78, 5) is 62.3. The molecule has 4 N–H and O–H groups in total. The minimum Gasteiger partial charge on any atom is -0.356 e. The van der Waals surface area contributed by atoms with Crippen LogP contribution in [-0.2, 0) is 36.8 Å². The number of hydrogen-bond donors (Lipinski definition) is 4. The maximum Gasteiger partial charge on any atom is 0.243 e. The molecular formula is C33H36N4O5. The molecule has 3 atom stereocenters. The van der Waals surface area contributed by atoms with E-state index in [0.29, 0.717) is 25.7 Å². The molecule has 42 heavy (non-hydrogen) atoms. The van der Waals surface area contributed by atoms with Gasteiger partial charge in [-0.25, -0.2) is 0 Å². The molecule has 1 fully saturated rings. The molecule has 0 aliphatic carbocycles. The first-order valence-electron chi connectivity index (χ1n) is 14.2. The van der Waals surface area contributed by atoms with E-state index in [4.69, 9.17) is 0 Å². The van der Waals surface area contributed by atoms with Crippen molar-refractivity contribution in [3.63, 3.8) is 0 Å². The summed E-state index contributed by atoms with van der Waals surface area (Å²) in [7, 11) is 0. The normalized spacial score (nSPS) is 16.3. The zero-order chi connectivity index (χ0) is 29.7. The second-order valence-corrected chi connectivity index (χ2v) is 10.4. The SMILES string of the molecule is O=C/C=C/C(CC1CCCNC1=O)NC(=O)CNC(=O)C(Cc1cccc2ccccc12)NC(=O)Cc1ccccc1. The van der Waals surface area contributed by atoms with Gasteiger partial charge in [-0.3, -0.25) is 24.0 Å². The van der Waals surface area contributed by atoms with Crippen LogP contribution in [0.2, 0.25) is 0 Å². The van der Waals surface area contributed by atoms with Gasteiger partial charge < -0.3 is 21.3 Å². The number of hydrogen-bond acceptors (Lipinski definition) is 5. The molecule has 3 aromatic rings. The van der Waals surface area contributed by atoms with Crippen LogP contribution in [0.15, 0.2) is 84.9 Å². The second kappa shape index (κ2) is 15.3. The van der Waals surface area contributed by atoms with Gasteiger partial charge in [-0.2, -0.15) is 0 Å². The number of piperidine rings is 1. The Kier molecular flexibility index (Phi) is 11.0. The maximum atomic E-state index is 13.4. The van der Waals surface area contributed by atoms with Gasteiger partial charge in [0.25, 0.3) is 0 Å². The Morgan fingerprint density at radius 2 is 1.69 bits per heavy atom. The number of carbonyl (C=O) groups is 5. The number of benzene rings is 3. The highest BCUT2D eigenvalue weighted by molar-refractivity contribution is 5.92. The fourth-order valence-electron chi connectivity index (χ4n) is 5.21. The summed E-state index contributed by atoms with van der Waals surface area (Å²) in [6.45, 7) is 0.298. The molecule has 9 nitrogen and oxygen atoms in total. The Morgan fingerprint density at radius 3 is 2.48 bits per heavy atom. The van der Waals surface area contributed by atoms with Crippen molar-refractivity contribution in [1.82, 2.24) is 21.3 Å². The summed E-state index contributed by atoms with van der Waals surface area (Å²) in [5, 5.41) is 13.1. The van der Waals surface area contributed by atoms with E-state index < -0.39 is 23.9 Å². The molecule has 0 radical (unpaired) electrons. The van der Waals surface area contributed by atoms with Crippen molar-refractivity contribution in [3.8, 4) is 0 Å². The summed E-state index contributed by atoms with van der Waals surface area (Å²) in [6.07, 6.45) is 5.67. The Balaban J connectivity index is 1.42. The van der Waals surface area contributed by atoms with Crippen molar-refractivity contribution >= 4 is 40.7 Å². The quantitative estimate of drug-likeness (QED) is 0.186. The highest BCUT2D eigenvalue weighted by Gasteiger charge is 2.26. The van der Waals surface area contributed by atoms with E-state index in [9.17, 15) is 24.0 Å². The number of allylic oxidation sites excluding steroid dienone is 1. The summed E-state index contributed by atoms with van der Waals surface area (Å²) >= 11 is 0. The fraction of sp³-hybridized carbons (Fsp3) is 0.303. The predicted octanol–water partition coefficient (Wildman–Crippen LogP) is 2.38. The smallest absolute Gasteiger partial charge is 0.243 e. The fourth-order valence-corrected chi connectivity index (χ4v) is 5.21. The monoisotopic (exact) mass is 568 g/mol. The van der Waals surface area contributed by atoms with Gasteiger partial charge in [-0.15, -0.1) is 0 Å². The molecule has 218 valence electrons. The van der Waals surface area contributed by atoms with Gasteiger partial charge in [0.2, 0.25) is 23.6 Å². The van der Waals surface area contributed by atoms with Crippen molar-refractivity contribution in [3.05, 3.63) is 96.1 Å². The largest absolute Gasteiger partial charge is 0.356 e. The standard InChI is InChI=1S/C33H36N4O5/c38-18-8-15-27(20-26-14-7-17-34-32(26)41)36-31(40)22-35-33(42)29(37-30(39)19-23-9-2-1-3-10-23)21-25-13-6-12-24-11-4-5-16-28(24)25/h1-6,8-13,15-16,18,26-27,29H,7,14,17,19-22H2,(H,34,41)(H,35,42)(H,36,40)(H,37,39)/b15-8+. The maximum absolute atomic E-state index is 13.4. The minimum absolute atomic E-state index is 0.0733. The average Bonchev–Trinajstić information content (AvgIpc) is 3.00. The molecule has 0 saturated carbocycles. The van der Waals surface area contributed by atoms with Gasteiger partial charge in [0.05, 0.1) is 13.0 Å². The second-order valence-electron chi connectivity index (χ2n) is 10.4. The van der Waals surface area contributed by atoms with Gasteiger partial charge in [-0.05, 0) is 47.2 Å². The molecule has 1 aliphatic heterocycles. The number of nitrogens with one attached hydrogen (secondary N) is 4. The molecule has 1 aliphatic rings. The van der Waals surface area contributed by atoms with Crippen molar-refractivity contribution in [2.45, 2.75) is 44.2 Å². The summed E-state index contributed by atoms with van der Waals surface area (Å²) in [6, 6.07) is 21.4. The van der Waals surface area contributed by atoms with Crippen molar-refractivity contribution in [2.24, 2.45) is 5.92 Å². The molecular weight excluding hydrogens is 532 g/mol. The molecule has 0 bridgehead atoms. The lowest BCUT2D eigenvalue weighted by molar-refractivity contribution is -0.130. The minimum atomic E-state index is -0.920. The molecule has 0 aromatic heterocycles. The molecule has 9 heteroatoms. The van der Waals surface area contributed by atoms with Crippen LogP contribution in [0.3, 0.4) is 0 Å². The molecule has 4 rings (SSSR count). The highest BCUT2D eigenvalue weighted by Crippen LogP contribution is 2.20. The summed E-state index contributed by atoms with van der Waals surface area (Å²) < 4.78 is 0. The van der Waals surface area contributed by atoms with Gasteiger partial charge in [0, 0.05) is 24.9 Å². The van der Waals surface area contributed by atoms with Gasteiger partial charge in [-0.1, -0.05) is 78.9 Å². The zero-order valence-electron chi connectivity index (χ0n) is 23.4. The number of amides is 4. The zero-order valence-corrected chi connectivity index (χ0v) is 23.4. The van der Waals surface area contributed by atoms with Crippen molar-refractivity contribution < 1.29 is 24.0 Å². The van der Waals surface area contributed by atoms with E-state index in [1.807, 2.05) is 72.8 Å². The molecule has 0 spiro atoms. The van der Waals surface area contributed by atoms with E-state index in [0.717, 1.165) is 28.3 Å². The third kappa shape index (κ3) is 8.86. The van der Waals surface area contributed by atoms with E-state index in [1.54, 1.807) is 6.08 Å². The van der Waals surface area contributed by atoms with Crippen molar-refractivity contribution in [2.75, 3.05) is 13.1 Å². The Labute approximate surface area is 245 Å². The van der Waals surface area contributed by atoms with Gasteiger partial charge in [0.15, 0.2) is 0 Å². The van der Waals surface area contributed by atoms with Crippen LogP contribution in [0.5, 0.6) is 0 Å². The van der Waals surface area contributed by atoms with Crippen LogP contribution in [0, 0.1) is 5.92 Å². The third-order valence-corrected chi connectivity index (χ3v) is 7.29. The number of aldehydes is 1. The lowest BCUT2D eigenvalue weighted by Gasteiger charge is -2.25. The molecule has 4 amide bonds. The van der Waals surface area contributed by atoms with E-state index in [-0.39, 0.29) is 37.1 Å². The van der Waals surface area contributed by atoms with Gasteiger partial charge in [0.1, 0.15) is 12.3 Å². The van der Waals surface area contributed by atoms with Crippen LogP contribution < -0.4 is 21.3 Å². The highest BCUT2D eigenvalue weighted by atomic mass is 16.2. The molecule has 1 heterocycles. The molecule has 3 aromatic carbocycles. The van der Waals surface area contributed by atoms with Crippen LogP contribution >= 0.6 is 0 Å². The van der Waals surface area contributed by atoms with Crippen LogP contribution in [0.1, 0.15) is 30.4 Å². The first-order valence-corrected chi connectivity index (χ1v) is 14.2. The van der Waals surface area contributed by atoms with Crippen LogP contribution in [0.25, 0.3) is 10.8 Å². The Morgan fingerprint density at radius 1 is 0.929 bits per heavy atom. The van der Waals surface area contributed by atoms with Crippen LogP contribution in [-0.4, -0.2) is 55.1 Å². The van der Waals surface area contributed by atoms with E-state index in [1.165, 1.54) is 6.08 Å². The average molecular weight is 569 g/mol. The number of fused-ring (bicyclic) bond motifs is 1. The van der Waals surface area contributed by atoms with Crippen molar-refractivity contribution in [1.29, 1.82) is 0 Å². The molecule has 3 unspecified atom stereocenters.